The Labute approximate surface area is 236 Å². The lowest BCUT2D eigenvalue weighted by Crippen LogP contribution is -2.32. The van der Waals surface area contributed by atoms with Crippen molar-refractivity contribution < 1.29 is 9.90 Å². The van der Waals surface area contributed by atoms with E-state index in [1.807, 2.05) is 74.5 Å². The van der Waals surface area contributed by atoms with Gasteiger partial charge in [0.15, 0.2) is 5.88 Å². The SMILES string of the molecule is CCC(CC)NC(=O)C#Cc1ccc2c(C(=Nc3ccc(CN4CCCC4)cc3)c3ccccc3)c(O)[nH]c2c1. The second-order valence-corrected chi connectivity index (χ2v) is 10.3. The molecule has 1 fully saturated rings. The Hall–Kier alpha value is -4.34. The zero-order valence-corrected chi connectivity index (χ0v) is 23.2. The van der Waals surface area contributed by atoms with E-state index in [-0.39, 0.29) is 17.8 Å². The molecule has 3 aromatic carbocycles. The molecular formula is C34H36N4O2. The highest BCUT2D eigenvalue weighted by Gasteiger charge is 2.19. The number of aliphatic imine (C=N–C) groups is 1. The van der Waals surface area contributed by atoms with Crippen LogP contribution in [0, 0.1) is 11.8 Å². The lowest BCUT2D eigenvalue weighted by atomic mass is 10.00. The molecule has 5 rings (SSSR count). The van der Waals surface area contributed by atoms with Crippen molar-refractivity contribution in [2.45, 2.75) is 52.1 Å². The highest BCUT2D eigenvalue weighted by atomic mass is 16.3. The molecule has 6 nitrogen and oxygen atoms in total. The van der Waals surface area contributed by atoms with Gasteiger partial charge in [-0.25, -0.2) is 4.99 Å². The summed E-state index contributed by atoms with van der Waals surface area (Å²) in [6.07, 6.45) is 4.29. The summed E-state index contributed by atoms with van der Waals surface area (Å²) in [4.78, 5) is 22.8. The first-order valence-electron chi connectivity index (χ1n) is 14.2. The molecule has 2 heterocycles. The molecule has 0 atom stereocenters. The van der Waals surface area contributed by atoms with E-state index in [2.05, 4.69) is 39.2 Å². The Kier molecular flexibility index (Phi) is 8.63. The van der Waals surface area contributed by atoms with Gasteiger partial charge in [0.2, 0.25) is 0 Å². The predicted molar refractivity (Wildman–Crippen MR) is 162 cm³/mol. The summed E-state index contributed by atoms with van der Waals surface area (Å²) in [7, 11) is 0. The van der Waals surface area contributed by atoms with E-state index in [0.717, 1.165) is 54.6 Å². The van der Waals surface area contributed by atoms with E-state index in [4.69, 9.17) is 4.99 Å². The van der Waals surface area contributed by atoms with Gasteiger partial charge < -0.3 is 15.4 Å². The standard InChI is InChI=1S/C34H36N4O2/c1-3-27(4-2)35-31(39)19-15-24-14-18-29-30(22-24)37-34(40)32(29)33(26-10-6-5-7-11-26)36-28-16-12-25(13-17-28)23-38-20-8-9-21-38/h5-7,10-14,16-18,22,27,37,40H,3-4,8-9,20-21,23H2,1-2H3,(H,35,39). The molecule has 0 aliphatic carbocycles. The van der Waals surface area contributed by atoms with Gasteiger partial charge in [-0.3, -0.25) is 9.69 Å². The Bertz CT molecular complexity index is 1550. The van der Waals surface area contributed by atoms with E-state index < -0.39 is 0 Å². The van der Waals surface area contributed by atoms with Crippen LogP contribution in [0.3, 0.4) is 0 Å². The fraction of sp³-hybridized carbons (Fsp3) is 0.294. The number of H-pyrrole nitrogens is 1. The maximum atomic E-state index is 12.2. The summed E-state index contributed by atoms with van der Waals surface area (Å²) in [6, 6.07) is 24.0. The van der Waals surface area contributed by atoms with Crippen LogP contribution in [0.4, 0.5) is 5.69 Å². The highest BCUT2D eigenvalue weighted by Crippen LogP contribution is 2.32. The van der Waals surface area contributed by atoms with Crippen LogP contribution in [0.15, 0.2) is 77.8 Å². The van der Waals surface area contributed by atoms with Gasteiger partial charge in [0.05, 0.1) is 22.5 Å². The van der Waals surface area contributed by atoms with Gasteiger partial charge in [-0.2, -0.15) is 0 Å². The van der Waals surface area contributed by atoms with E-state index in [0.29, 0.717) is 16.8 Å². The van der Waals surface area contributed by atoms with Crippen LogP contribution in [0.5, 0.6) is 5.88 Å². The normalized spacial score (nSPS) is 13.9. The van der Waals surface area contributed by atoms with Crippen LogP contribution in [0.25, 0.3) is 10.9 Å². The molecular weight excluding hydrogens is 496 g/mol. The quantitative estimate of drug-likeness (QED) is 0.184. The number of nitrogens with one attached hydrogen (secondary N) is 2. The lowest BCUT2D eigenvalue weighted by molar-refractivity contribution is -0.116. The van der Waals surface area contributed by atoms with Gasteiger partial charge in [0, 0.05) is 35.0 Å². The molecule has 1 amide bonds. The Morgan fingerprint density at radius 2 is 1.75 bits per heavy atom. The number of hydrogen-bond acceptors (Lipinski definition) is 4. The number of carbonyl (C=O) groups excluding carboxylic acids is 1. The molecule has 0 bridgehead atoms. The number of amides is 1. The summed E-state index contributed by atoms with van der Waals surface area (Å²) in [5.74, 6) is 5.40. The highest BCUT2D eigenvalue weighted by molar-refractivity contribution is 6.22. The van der Waals surface area contributed by atoms with Crippen molar-refractivity contribution >= 4 is 28.2 Å². The van der Waals surface area contributed by atoms with Gasteiger partial charge in [0.25, 0.3) is 5.91 Å². The molecule has 0 radical (unpaired) electrons. The number of likely N-dealkylation sites (tertiary alicyclic amines) is 1. The number of aromatic nitrogens is 1. The topological polar surface area (TPSA) is 80.7 Å². The molecule has 3 N–H and O–H groups in total. The zero-order chi connectivity index (χ0) is 27.9. The monoisotopic (exact) mass is 532 g/mol. The van der Waals surface area contributed by atoms with Crippen molar-refractivity contribution in [1.29, 1.82) is 0 Å². The molecule has 1 aromatic heterocycles. The Morgan fingerprint density at radius 1 is 1.02 bits per heavy atom. The van der Waals surface area contributed by atoms with Gasteiger partial charge >= 0.3 is 0 Å². The second-order valence-electron chi connectivity index (χ2n) is 10.3. The lowest BCUT2D eigenvalue weighted by Gasteiger charge is -2.14. The summed E-state index contributed by atoms with van der Waals surface area (Å²) in [5.41, 5.74) is 5.73. The number of aromatic amines is 1. The molecule has 0 saturated carbocycles. The fourth-order valence-electron chi connectivity index (χ4n) is 5.21. The van der Waals surface area contributed by atoms with Crippen LogP contribution >= 0.6 is 0 Å². The van der Waals surface area contributed by atoms with Crippen molar-refractivity contribution in [2.24, 2.45) is 4.99 Å². The minimum absolute atomic E-state index is 0.0415. The van der Waals surface area contributed by atoms with Gasteiger partial charge in [-0.05, 0) is 68.6 Å². The first-order chi connectivity index (χ1) is 19.5. The fourth-order valence-corrected chi connectivity index (χ4v) is 5.21. The van der Waals surface area contributed by atoms with Gasteiger partial charge in [-0.1, -0.05) is 68.3 Å². The molecule has 1 saturated heterocycles. The minimum Gasteiger partial charge on any atom is -0.494 e. The molecule has 1 aliphatic heterocycles. The molecule has 0 spiro atoms. The number of carbonyl (C=O) groups is 1. The number of benzene rings is 3. The van der Waals surface area contributed by atoms with Crippen LogP contribution in [0.2, 0.25) is 0 Å². The van der Waals surface area contributed by atoms with Crippen molar-refractivity contribution in [3.05, 3.63) is 95.1 Å². The van der Waals surface area contributed by atoms with Crippen molar-refractivity contribution in [1.82, 2.24) is 15.2 Å². The molecule has 0 unspecified atom stereocenters. The molecule has 204 valence electrons. The van der Waals surface area contributed by atoms with E-state index in [1.165, 1.54) is 18.4 Å². The van der Waals surface area contributed by atoms with E-state index in [9.17, 15) is 9.90 Å². The van der Waals surface area contributed by atoms with Crippen LogP contribution < -0.4 is 5.32 Å². The number of hydrogen-bond donors (Lipinski definition) is 3. The second kappa shape index (κ2) is 12.7. The third-order valence-corrected chi connectivity index (χ3v) is 7.49. The zero-order valence-electron chi connectivity index (χ0n) is 23.2. The first kappa shape index (κ1) is 27.2. The molecule has 6 heteroatoms. The van der Waals surface area contributed by atoms with Gasteiger partial charge in [-0.15, -0.1) is 0 Å². The average Bonchev–Trinajstić information content (AvgIpc) is 3.61. The smallest absolute Gasteiger partial charge is 0.296 e. The maximum Gasteiger partial charge on any atom is 0.296 e. The van der Waals surface area contributed by atoms with E-state index in [1.54, 1.807) is 0 Å². The van der Waals surface area contributed by atoms with E-state index >= 15 is 0 Å². The summed E-state index contributed by atoms with van der Waals surface area (Å²) in [6.45, 7) is 7.38. The minimum atomic E-state index is -0.284. The average molecular weight is 533 g/mol. The number of rotatable bonds is 8. The largest absolute Gasteiger partial charge is 0.494 e. The van der Waals surface area contributed by atoms with Crippen molar-refractivity contribution in [3.8, 4) is 17.7 Å². The molecule has 4 aromatic rings. The summed E-state index contributed by atoms with van der Waals surface area (Å²) in [5, 5.41) is 14.8. The number of nitrogens with zero attached hydrogens (tertiary/aromatic N) is 2. The van der Waals surface area contributed by atoms with Crippen LogP contribution in [0.1, 0.15) is 61.8 Å². The number of fused-ring (bicyclic) bond motifs is 1. The van der Waals surface area contributed by atoms with Crippen molar-refractivity contribution in [2.75, 3.05) is 13.1 Å². The maximum absolute atomic E-state index is 12.2. The van der Waals surface area contributed by atoms with Crippen LogP contribution in [-0.4, -0.2) is 45.7 Å². The number of aromatic hydroxyl groups is 1. The first-order valence-corrected chi connectivity index (χ1v) is 14.2. The van der Waals surface area contributed by atoms with Crippen LogP contribution in [-0.2, 0) is 11.3 Å². The molecule has 1 aliphatic rings. The predicted octanol–water partition coefficient (Wildman–Crippen LogP) is 6.29. The molecule has 40 heavy (non-hydrogen) atoms. The Balaban J connectivity index is 1.46. The van der Waals surface area contributed by atoms with Crippen molar-refractivity contribution in [3.63, 3.8) is 0 Å². The summed E-state index contributed by atoms with van der Waals surface area (Å²) < 4.78 is 0. The third-order valence-electron chi connectivity index (χ3n) is 7.49. The Morgan fingerprint density at radius 3 is 2.45 bits per heavy atom. The summed E-state index contributed by atoms with van der Waals surface area (Å²) >= 11 is 0. The van der Waals surface area contributed by atoms with Gasteiger partial charge in [0.1, 0.15) is 0 Å². The third kappa shape index (κ3) is 6.44.